The van der Waals surface area contributed by atoms with Gasteiger partial charge in [0, 0.05) is 24.7 Å². The van der Waals surface area contributed by atoms with E-state index >= 15 is 0 Å². The van der Waals surface area contributed by atoms with Crippen LogP contribution >= 0.6 is 23.1 Å². The minimum atomic E-state index is -0.170. The van der Waals surface area contributed by atoms with E-state index in [4.69, 9.17) is 0 Å². The van der Waals surface area contributed by atoms with Crippen LogP contribution in [0.3, 0.4) is 0 Å². The fourth-order valence-corrected chi connectivity index (χ4v) is 3.07. The van der Waals surface area contributed by atoms with Crippen LogP contribution in [0.1, 0.15) is 22.0 Å². The van der Waals surface area contributed by atoms with Crippen LogP contribution in [0.25, 0.3) is 0 Å². The predicted octanol–water partition coefficient (Wildman–Crippen LogP) is 1.48. The van der Waals surface area contributed by atoms with Crippen molar-refractivity contribution in [2.45, 2.75) is 17.7 Å². The van der Waals surface area contributed by atoms with Gasteiger partial charge in [0.2, 0.25) is 0 Å². The van der Waals surface area contributed by atoms with Crippen molar-refractivity contribution in [3.63, 3.8) is 0 Å². The number of nitrogens with zero attached hydrogens (tertiary/aromatic N) is 3. The number of amides is 1. The van der Waals surface area contributed by atoms with Crippen LogP contribution in [0.4, 0.5) is 0 Å². The Morgan fingerprint density at radius 2 is 2.44 bits per heavy atom. The number of nitrogens with one attached hydrogen (secondary N) is 2. The first-order chi connectivity index (χ1) is 8.75. The molecule has 6 nitrogen and oxygen atoms in total. The molecule has 8 heteroatoms. The highest BCUT2D eigenvalue weighted by Crippen LogP contribution is 2.21. The van der Waals surface area contributed by atoms with Gasteiger partial charge >= 0.3 is 0 Å². The molecule has 2 rings (SSSR count). The zero-order chi connectivity index (χ0) is 12.8. The van der Waals surface area contributed by atoms with Crippen molar-refractivity contribution < 1.29 is 4.79 Å². The lowest BCUT2D eigenvalue weighted by molar-refractivity contribution is 0.0944. The first-order valence-corrected chi connectivity index (χ1v) is 7.26. The number of carbonyl (C=O) groups is 1. The molecule has 2 heterocycles. The second kappa shape index (κ2) is 6.50. The third-order valence-electron chi connectivity index (χ3n) is 2.05. The molecule has 2 aromatic rings. The fraction of sp³-hybridized carbons (Fsp3) is 0.400. The Hall–Kier alpha value is -1.41. The Morgan fingerprint density at radius 1 is 1.56 bits per heavy atom. The smallest absolute Gasteiger partial charge is 0.287 e. The summed E-state index contributed by atoms with van der Waals surface area (Å²) >= 11 is 3.25. The van der Waals surface area contributed by atoms with Crippen LogP contribution in [-0.4, -0.2) is 38.4 Å². The van der Waals surface area contributed by atoms with Crippen molar-refractivity contribution in [1.29, 1.82) is 0 Å². The van der Waals surface area contributed by atoms with Crippen LogP contribution in [0, 0.1) is 6.92 Å². The zero-order valence-corrected chi connectivity index (χ0v) is 11.5. The minimum Gasteiger partial charge on any atom is -0.349 e. The summed E-state index contributed by atoms with van der Waals surface area (Å²) in [6.07, 6.45) is 4.07. The molecule has 2 aromatic heterocycles. The normalized spacial score (nSPS) is 10.5. The van der Waals surface area contributed by atoms with E-state index < -0.39 is 0 Å². The largest absolute Gasteiger partial charge is 0.349 e. The van der Waals surface area contributed by atoms with E-state index in [2.05, 4.69) is 25.5 Å². The Bertz CT molecular complexity index is 496. The molecule has 0 bridgehead atoms. The predicted molar refractivity (Wildman–Crippen MR) is 70.9 cm³/mol. The molecule has 0 aromatic carbocycles. The standard InChI is InChI=1S/C10H13N5OS2/c1-7-14-15-10(18-7)17-6-2-3-13-9(16)8-11-4-5-12-8/h4-5H,2-3,6H2,1H3,(H,11,12)(H,13,16). The molecule has 18 heavy (non-hydrogen) atoms. The van der Waals surface area contributed by atoms with E-state index in [-0.39, 0.29) is 5.91 Å². The van der Waals surface area contributed by atoms with Gasteiger partial charge in [0.05, 0.1) is 0 Å². The summed E-state index contributed by atoms with van der Waals surface area (Å²) in [5.74, 6) is 1.09. The highest BCUT2D eigenvalue weighted by Gasteiger charge is 2.06. The molecular weight excluding hydrogens is 270 g/mol. The number of aryl methyl sites for hydroxylation is 1. The van der Waals surface area contributed by atoms with Gasteiger partial charge in [-0.3, -0.25) is 4.79 Å². The number of carbonyl (C=O) groups excluding carboxylic acids is 1. The minimum absolute atomic E-state index is 0.170. The maximum Gasteiger partial charge on any atom is 0.287 e. The number of imidazole rings is 1. The lowest BCUT2D eigenvalue weighted by Gasteiger charge is -2.01. The lowest BCUT2D eigenvalue weighted by atomic mass is 10.4. The maximum atomic E-state index is 11.5. The number of hydrogen-bond acceptors (Lipinski definition) is 6. The molecule has 1 amide bonds. The quantitative estimate of drug-likeness (QED) is 0.620. The van der Waals surface area contributed by atoms with Gasteiger partial charge in [0.15, 0.2) is 10.2 Å². The van der Waals surface area contributed by atoms with Crippen LogP contribution in [0.2, 0.25) is 0 Å². The van der Waals surface area contributed by atoms with Gasteiger partial charge < -0.3 is 10.3 Å². The monoisotopic (exact) mass is 283 g/mol. The summed E-state index contributed by atoms with van der Waals surface area (Å²) < 4.78 is 0.977. The zero-order valence-electron chi connectivity index (χ0n) is 9.84. The third-order valence-corrected chi connectivity index (χ3v) is 4.11. The van der Waals surface area contributed by atoms with Crippen LogP contribution in [-0.2, 0) is 0 Å². The summed E-state index contributed by atoms with van der Waals surface area (Å²) in [6, 6.07) is 0. The molecule has 0 aliphatic heterocycles. The van der Waals surface area contributed by atoms with Crippen LogP contribution in [0.5, 0.6) is 0 Å². The molecule has 0 radical (unpaired) electrons. The number of aromatic amines is 1. The Kier molecular flexibility index (Phi) is 4.71. The van der Waals surface area contributed by atoms with Gasteiger partial charge in [-0.05, 0) is 13.3 Å². The highest BCUT2D eigenvalue weighted by molar-refractivity contribution is 8.01. The first kappa shape index (κ1) is 13.0. The van der Waals surface area contributed by atoms with E-state index in [0.29, 0.717) is 12.4 Å². The van der Waals surface area contributed by atoms with Gasteiger partial charge in [0.25, 0.3) is 5.91 Å². The number of H-pyrrole nitrogens is 1. The lowest BCUT2D eigenvalue weighted by Crippen LogP contribution is -2.25. The second-order valence-electron chi connectivity index (χ2n) is 3.48. The Labute approximate surface area is 113 Å². The van der Waals surface area contributed by atoms with E-state index in [9.17, 15) is 4.79 Å². The van der Waals surface area contributed by atoms with Gasteiger partial charge in [-0.1, -0.05) is 23.1 Å². The molecule has 0 aliphatic carbocycles. The van der Waals surface area contributed by atoms with E-state index in [1.54, 1.807) is 35.5 Å². The van der Waals surface area contributed by atoms with Crippen molar-refractivity contribution in [2.75, 3.05) is 12.3 Å². The topological polar surface area (TPSA) is 83.6 Å². The molecule has 0 fully saturated rings. The third kappa shape index (κ3) is 3.81. The summed E-state index contributed by atoms with van der Waals surface area (Å²) in [6.45, 7) is 2.57. The van der Waals surface area contributed by atoms with Crippen molar-refractivity contribution in [1.82, 2.24) is 25.5 Å². The molecule has 0 saturated carbocycles. The van der Waals surface area contributed by atoms with Gasteiger partial charge in [-0.2, -0.15) is 0 Å². The Balaban J connectivity index is 1.60. The van der Waals surface area contributed by atoms with Crippen LogP contribution in [0.15, 0.2) is 16.7 Å². The van der Waals surface area contributed by atoms with E-state index in [1.807, 2.05) is 6.92 Å². The van der Waals surface area contributed by atoms with E-state index in [1.165, 1.54) is 0 Å². The first-order valence-electron chi connectivity index (χ1n) is 5.46. The SMILES string of the molecule is Cc1nnc(SCCCNC(=O)c2ncc[nH]2)s1. The van der Waals surface area contributed by atoms with Gasteiger partial charge in [0.1, 0.15) is 5.01 Å². The molecule has 0 aliphatic rings. The summed E-state index contributed by atoms with van der Waals surface area (Å²) in [5.41, 5.74) is 0. The second-order valence-corrected chi connectivity index (χ2v) is 6.01. The molecule has 0 unspecified atom stereocenters. The van der Waals surface area contributed by atoms with Crippen molar-refractivity contribution in [2.24, 2.45) is 0 Å². The summed E-state index contributed by atoms with van der Waals surface area (Å²) in [4.78, 5) is 18.1. The van der Waals surface area contributed by atoms with Crippen molar-refractivity contribution in [3.8, 4) is 0 Å². The maximum absolute atomic E-state index is 11.5. The molecule has 0 saturated heterocycles. The molecule has 2 N–H and O–H groups in total. The number of rotatable bonds is 6. The Morgan fingerprint density at radius 3 is 3.11 bits per heavy atom. The average Bonchev–Trinajstić information content (AvgIpc) is 2.99. The van der Waals surface area contributed by atoms with Gasteiger partial charge in [-0.25, -0.2) is 4.98 Å². The summed E-state index contributed by atoms with van der Waals surface area (Å²) in [7, 11) is 0. The van der Waals surface area contributed by atoms with Crippen molar-refractivity contribution in [3.05, 3.63) is 23.2 Å². The highest BCUT2D eigenvalue weighted by atomic mass is 32.2. The average molecular weight is 283 g/mol. The molecule has 96 valence electrons. The fourth-order valence-electron chi connectivity index (χ4n) is 1.24. The van der Waals surface area contributed by atoms with E-state index in [0.717, 1.165) is 21.5 Å². The number of aromatic nitrogens is 4. The molecular formula is C10H13N5OS2. The van der Waals surface area contributed by atoms with Gasteiger partial charge in [-0.15, -0.1) is 10.2 Å². The molecule has 0 atom stereocenters. The number of hydrogen-bond donors (Lipinski definition) is 2. The molecule has 0 spiro atoms. The summed E-state index contributed by atoms with van der Waals surface area (Å²) in [5, 5.41) is 11.7. The number of thioether (sulfide) groups is 1. The van der Waals surface area contributed by atoms with Crippen LogP contribution < -0.4 is 5.32 Å². The van der Waals surface area contributed by atoms with Crippen molar-refractivity contribution >= 4 is 29.0 Å².